The molecule has 1 heterocycles. The maximum absolute atomic E-state index is 13.0. The maximum Gasteiger partial charge on any atom is 0.254 e. The van der Waals surface area contributed by atoms with Gasteiger partial charge in [-0.2, -0.15) is 0 Å². The van der Waals surface area contributed by atoms with Gasteiger partial charge in [0, 0.05) is 37.4 Å². The minimum Gasteiger partial charge on any atom is -0.392 e. The molecule has 2 N–H and O–H groups in total. The third-order valence-electron chi connectivity index (χ3n) is 8.13. The van der Waals surface area contributed by atoms with Crippen LogP contribution >= 0.6 is 0 Å². The highest BCUT2D eigenvalue weighted by molar-refractivity contribution is 5.93. The molecule has 0 radical (unpaired) electrons. The van der Waals surface area contributed by atoms with Crippen molar-refractivity contribution in [2.24, 2.45) is 29.1 Å². The summed E-state index contributed by atoms with van der Waals surface area (Å²) in [5, 5.41) is 14.7. The molecular formula is C24H38N4O3. The van der Waals surface area contributed by atoms with Gasteiger partial charge in [0.1, 0.15) is 6.33 Å². The van der Waals surface area contributed by atoms with Gasteiger partial charge in [0.25, 0.3) is 5.91 Å². The molecule has 2 fully saturated rings. The van der Waals surface area contributed by atoms with E-state index in [1.54, 1.807) is 0 Å². The SMILES string of the molecule is CCN(CC)C(=O)[C@@H](C)[C@@H]1CC[C@@]2(C)CC[C@H](NC(=O)c3cncnc3)[C@@H](C)[C@@H]2[C@H]1O. The first-order chi connectivity index (χ1) is 14.7. The predicted octanol–water partition coefficient (Wildman–Crippen LogP) is 2.90. The molecule has 7 nitrogen and oxygen atoms in total. The zero-order chi connectivity index (χ0) is 22.8. The van der Waals surface area contributed by atoms with Crippen LogP contribution in [-0.4, -0.2) is 57.0 Å². The lowest BCUT2D eigenvalue weighted by Gasteiger charge is -2.56. The topological polar surface area (TPSA) is 95.4 Å². The predicted molar refractivity (Wildman–Crippen MR) is 119 cm³/mol. The molecule has 0 aliphatic heterocycles. The van der Waals surface area contributed by atoms with Gasteiger partial charge in [0.05, 0.1) is 11.7 Å². The lowest BCUT2D eigenvalue weighted by Crippen LogP contribution is -2.58. The van der Waals surface area contributed by atoms with Crippen molar-refractivity contribution in [3.8, 4) is 0 Å². The Morgan fingerprint density at radius 1 is 1.23 bits per heavy atom. The molecule has 172 valence electrons. The highest BCUT2D eigenvalue weighted by Crippen LogP contribution is 2.55. The van der Waals surface area contributed by atoms with E-state index in [4.69, 9.17) is 0 Å². The van der Waals surface area contributed by atoms with Gasteiger partial charge in [-0.05, 0) is 62.7 Å². The Morgan fingerprint density at radius 3 is 2.45 bits per heavy atom. The lowest BCUT2D eigenvalue weighted by atomic mass is 9.51. The minimum atomic E-state index is -0.553. The van der Waals surface area contributed by atoms with Crippen molar-refractivity contribution in [1.82, 2.24) is 20.2 Å². The number of carbonyl (C=O) groups is 2. The molecule has 0 bridgehead atoms. The molecule has 0 saturated heterocycles. The highest BCUT2D eigenvalue weighted by atomic mass is 16.3. The third kappa shape index (κ3) is 4.61. The zero-order valence-corrected chi connectivity index (χ0v) is 19.5. The van der Waals surface area contributed by atoms with Crippen LogP contribution in [0.1, 0.15) is 70.7 Å². The molecule has 2 amide bonds. The quantitative estimate of drug-likeness (QED) is 0.724. The van der Waals surface area contributed by atoms with E-state index in [1.165, 1.54) is 18.7 Å². The van der Waals surface area contributed by atoms with E-state index in [0.717, 1.165) is 25.7 Å². The average Bonchev–Trinajstić information content (AvgIpc) is 2.76. The van der Waals surface area contributed by atoms with Crippen LogP contribution in [-0.2, 0) is 4.79 Å². The summed E-state index contributed by atoms with van der Waals surface area (Å²) in [6.45, 7) is 11.8. The molecule has 0 spiro atoms. The number of aliphatic hydroxyl groups is 1. The number of nitrogens with zero attached hydrogens (tertiary/aromatic N) is 3. The largest absolute Gasteiger partial charge is 0.392 e. The summed E-state index contributed by atoms with van der Waals surface area (Å²) in [6.07, 6.45) is 7.62. The monoisotopic (exact) mass is 430 g/mol. The van der Waals surface area contributed by atoms with Gasteiger partial charge >= 0.3 is 0 Å². The number of nitrogens with one attached hydrogen (secondary N) is 1. The van der Waals surface area contributed by atoms with Crippen molar-refractivity contribution in [3.63, 3.8) is 0 Å². The third-order valence-corrected chi connectivity index (χ3v) is 8.13. The van der Waals surface area contributed by atoms with Crippen molar-refractivity contribution < 1.29 is 14.7 Å². The second-order valence-corrected chi connectivity index (χ2v) is 9.78. The van der Waals surface area contributed by atoms with Crippen molar-refractivity contribution in [1.29, 1.82) is 0 Å². The number of aromatic nitrogens is 2. The highest BCUT2D eigenvalue weighted by Gasteiger charge is 2.54. The summed E-state index contributed by atoms with van der Waals surface area (Å²) in [7, 11) is 0. The second-order valence-electron chi connectivity index (χ2n) is 9.78. The van der Waals surface area contributed by atoms with Gasteiger partial charge in [0.2, 0.25) is 5.91 Å². The molecule has 1 aromatic heterocycles. The van der Waals surface area contributed by atoms with E-state index in [-0.39, 0.29) is 46.9 Å². The lowest BCUT2D eigenvalue weighted by molar-refractivity contribution is -0.149. The molecule has 7 heteroatoms. The summed E-state index contributed by atoms with van der Waals surface area (Å²) in [6, 6.07) is -0.0204. The van der Waals surface area contributed by atoms with Gasteiger partial charge in [-0.25, -0.2) is 9.97 Å². The van der Waals surface area contributed by atoms with Gasteiger partial charge in [0.15, 0.2) is 0 Å². The summed E-state index contributed by atoms with van der Waals surface area (Å²) < 4.78 is 0. The number of hydrogen-bond donors (Lipinski definition) is 2. The van der Waals surface area contributed by atoms with E-state index in [0.29, 0.717) is 18.7 Å². The molecule has 1 aromatic rings. The van der Waals surface area contributed by atoms with Gasteiger partial charge < -0.3 is 15.3 Å². The molecular weight excluding hydrogens is 392 g/mol. The first-order valence-electron chi connectivity index (χ1n) is 11.8. The average molecular weight is 431 g/mol. The Hall–Kier alpha value is -2.02. The molecule has 3 rings (SSSR count). The molecule has 2 saturated carbocycles. The number of amides is 2. The van der Waals surface area contributed by atoms with E-state index in [1.807, 2.05) is 25.7 Å². The Morgan fingerprint density at radius 2 is 1.84 bits per heavy atom. The fourth-order valence-electron chi connectivity index (χ4n) is 6.17. The normalized spacial score (nSPS) is 33.8. The Bertz CT molecular complexity index is 769. The summed E-state index contributed by atoms with van der Waals surface area (Å²) >= 11 is 0. The first kappa shape index (κ1) is 23.6. The fourth-order valence-corrected chi connectivity index (χ4v) is 6.17. The van der Waals surface area contributed by atoms with Gasteiger partial charge in [-0.15, -0.1) is 0 Å². The Balaban J connectivity index is 1.75. The number of carbonyl (C=O) groups excluding carboxylic acids is 2. The Kier molecular flexibility index (Phi) is 7.35. The van der Waals surface area contributed by atoms with Crippen LogP contribution in [0.5, 0.6) is 0 Å². The molecule has 31 heavy (non-hydrogen) atoms. The molecule has 2 aliphatic carbocycles. The van der Waals surface area contributed by atoms with Crippen LogP contribution in [0.4, 0.5) is 0 Å². The van der Waals surface area contributed by atoms with E-state index in [2.05, 4.69) is 29.1 Å². The maximum atomic E-state index is 13.0. The van der Waals surface area contributed by atoms with Crippen LogP contribution in [0.3, 0.4) is 0 Å². The molecule has 7 atom stereocenters. The van der Waals surface area contributed by atoms with Crippen molar-refractivity contribution >= 4 is 11.8 Å². The van der Waals surface area contributed by atoms with Crippen LogP contribution in [0.25, 0.3) is 0 Å². The van der Waals surface area contributed by atoms with E-state index in [9.17, 15) is 14.7 Å². The summed E-state index contributed by atoms with van der Waals surface area (Å²) in [5.41, 5.74) is 0.480. The van der Waals surface area contributed by atoms with E-state index < -0.39 is 6.10 Å². The van der Waals surface area contributed by atoms with E-state index >= 15 is 0 Å². The number of hydrogen-bond acceptors (Lipinski definition) is 5. The zero-order valence-electron chi connectivity index (χ0n) is 19.5. The number of rotatable bonds is 6. The van der Waals surface area contributed by atoms with Crippen molar-refractivity contribution in [2.75, 3.05) is 13.1 Å². The van der Waals surface area contributed by atoms with Crippen LogP contribution < -0.4 is 5.32 Å². The second kappa shape index (κ2) is 9.63. The first-order valence-corrected chi connectivity index (χ1v) is 11.8. The van der Waals surface area contributed by atoms with Gasteiger partial charge in [-0.1, -0.05) is 20.8 Å². The van der Waals surface area contributed by atoms with Crippen LogP contribution in [0.15, 0.2) is 18.7 Å². The van der Waals surface area contributed by atoms with Crippen molar-refractivity contribution in [2.45, 2.75) is 72.4 Å². The summed E-state index contributed by atoms with van der Waals surface area (Å²) in [4.78, 5) is 35.4. The Labute approximate surface area is 186 Å². The molecule has 0 aromatic carbocycles. The van der Waals surface area contributed by atoms with Gasteiger partial charge in [-0.3, -0.25) is 9.59 Å². The number of aliphatic hydroxyl groups excluding tert-OH is 1. The smallest absolute Gasteiger partial charge is 0.254 e. The molecule has 0 unspecified atom stereocenters. The summed E-state index contributed by atoms with van der Waals surface area (Å²) in [5.74, 6) is -0.137. The minimum absolute atomic E-state index is 0.0204. The number of fused-ring (bicyclic) bond motifs is 1. The van der Waals surface area contributed by atoms with Crippen molar-refractivity contribution in [3.05, 3.63) is 24.3 Å². The van der Waals surface area contributed by atoms with Crippen LogP contribution in [0, 0.1) is 29.1 Å². The fraction of sp³-hybridized carbons (Fsp3) is 0.750. The standard InChI is InChI=1S/C24H38N4O3/c1-6-28(7-2)23(31)15(3)18-8-10-24(5)11-9-19(16(4)20(24)21(18)29)27-22(30)17-12-25-14-26-13-17/h12-16,18-21,29H,6-11H2,1-5H3,(H,27,30)/t15-,16+,18-,19-,20+,21-,24-/m0/s1. The van der Waals surface area contributed by atoms with Crippen LogP contribution in [0.2, 0.25) is 0 Å². The molecule has 2 aliphatic rings.